The Morgan fingerprint density at radius 2 is 1.75 bits per heavy atom. The van der Waals surface area contributed by atoms with E-state index < -0.39 is 0 Å². The van der Waals surface area contributed by atoms with Gasteiger partial charge < -0.3 is 15.5 Å². The average Bonchev–Trinajstić information content (AvgIpc) is 3.49. The summed E-state index contributed by atoms with van der Waals surface area (Å²) in [5, 5.41) is 6.65. The van der Waals surface area contributed by atoms with E-state index in [9.17, 15) is 9.59 Å². The first-order valence-electron chi connectivity index (χ1n) is 11.9. The number of amides is 2. The van der Waals surface area contributed by atoms with Gasteiger partial charge in [-0.2, -0.15) is 0 Å². The second-order valence-electron chi connectivity index (χ2n) is 8.98. The SMILES string of the molecule is CCNC(=NCCCN1C(=O)C2C3C=CC(C3)C2C1=O)NCCCN(C)c1ccccc1. The molecule has 1 aliphatic heterocycles. The van der Waals surface area contributed by atoms with E-state index in [1.54, 1.807) is 0 Å². The molecule has 7 nitrogen and oxygen atoms in total. The Morgan fingerprint density at radius 3 is 2.41 bits per heavy atom. The number of rotatable bonds is 10. The molecule has 3 aliphatic rings. The van der Waals surface area contributed by atoms with Gasteiger partial charge in [-0.15, -0.1) is 0 Å². The lowest BCUT2D eigenvalue weighted by atomic mass is 9.85. The number of carbonyl (C=O) groups excluding carboxylic acids is 2. The molecule has 0 radical (unpaired) electrons. The van der Waals surface area contributed by atoms with Crippen molar-refractivity contribution in [3.05, 3.63) is 42.5 Å². The van der Waals surface area contributed by atoms with Crippen LogP contribution in [0.3, 0.4) is 0 Å². The van der Waals surface area contributed by atoms with Crippen LogP contribution < -0.4 is 15.5 Å². The molecule has 4 rings (SSSR count). The Kier molecular flexibility index (Phi) is 7.12. The Hall–Kier alpha value is -2.83. The van der Waals surface area contributed by atoms with Gasteiger partial charge in [0.1, 0.15) is 0 Å². The van der Waals surface area contributed by atoms with Crippen molar-refractivity contribution in [2.75, 3.05) is 44.7 Å². The van der Waals surface area contributed by atoms with Crippen LogP contribution in [0.1, 0.15) is 26.2 Å². The number of guanidine groups is 1. The van der Waals surface area contributed by atoms with Gasteiger partial charge in [0.25, 0.3) is 0 Å². The Labute approximate surface area is 190 Å². The van der Waals surface area contributed by atoms with Crippen molar-refractivity contribution in [1.82, 2.24) is 15.5 Å². The summed E-state index contributed by atoms with van der Waals surface area (Å²) < 4.78 is 0. The molecule has 1 saturated carbocycles. The quantitative estimate of drug-likeness (QED) is 0.193. The number of imide groups is 1. The van der Waals surface area contributed by atoms with E-state index in [4.69, 9.17) is 0 Å². The third-order valence-electron chi connectivity index (χ3n) is 6.88. The highest BCUT2D eigenvalue weighted by molar-refractivity contribution is 6.06. The van der Waals surface area contributed by atoms with Gasteiger partial charge in [0.05, 0.1) is 11.8 Å². The summed E-state index contributed by atoms with van der Waals surface area (Å²) in [6.07, 6.45) is 6.93. The summed E-state index contributed by atoms with van der Waals surface area (Å²) >= 11 is 0. The molecule has 2 amide bonds. The monoisotopic (exact) mass is 437 g/mol. The van der Waals surface area contributed by atoms with Crippen molar-refractivity contribution in [2.45, 2.75) is 26.2 Å². The van der Waals surface area contributed by atoms with Gasteiger partial charge >= 0.3 is 0 Å². The van der Waals surface area contributed by atoms with Gasteiger partial charge in [-0.3, -0.25) is 19.5 Å². The number of aliphatic imine (C=N–C) groups is 1. The average molecular weight is 438 g/mol. The maximum Gasteiger partial charge on any atom is 0.233 e. The van der Waals surface area contributed by atoms with Crippen molar-refractivity contribution >= 4 is 23.5 Å². The lowest BCUT2D eigenvalue weighted by Gasteiger charge is -2.19. The highest BCUT2D eigenvalue weighted by atomic mass is 16.2. The van der Waals surface area contributed by atoms with Gasteiger partial charge in [0.15, 0.2) is 5.96 Å². The molecule has 2 aliphatic carbocycles. The van der Waals surface area contributed by atoms with Crippen molar-refractivity contribution in [1.29, 1.82) is 0 Å². The third kappa shape index (κ3) is 4.66. The normalized spacial score (nSPS) is 26.1. The molecule has 2 fully saturated rings. The number of anilines is 1. The summed E-state index contributed by atoms with van der Waals surface area (Å²) in [7, 11) is 2.10. The van der Waals surface area contributed by atoms with Crippen LogP contribution in [0.2, 0.25) is 0 Å². The smallest absolute Gasteiger partial charge is 0.233 e. The van der Waals surface area contributed by atoms with Crippen LogP contribution >= 0.6 is 0 Å². The predicted octanol–water partition coefficient (Wildman–Crippen LogP) is 2.27. The number of allylic oxidation sites excluding steroid dienone is 2. The van der Waals surface area contributed by atoms with Gasteiger partial charge in [-0.05, 0) is 50.2 Å². The van der Waals surface area contributed by atoms with Crippen molar-refractivity contribution in [3.63, 3.8) is 0 Å². The first-order valence-corrected chi connectivity index (χ1v) is 11.9. The summed E-state index contributed by atoms with van der Waals surface area (Å²) in [4.78, 5) is 33.9. The number of likely N-dealkylation sites (tertiary alicyclic amines) is 1. The highest BCUT2D eigenvalue weighted by Gasteiger charge is 2.58. The Bertz CT molecular complexity index is 838. The number of benzene rings is 1. The number of carbonyl (C=O) groups is 2. The summed E-state index contributed by atoms with van der Waals surface area (Å²) in [6, 6.07) is 10.4. The first kappa shape index (κ1) is 22.4. The second kappa shape index (κ2) is 10.2. The van der Waals surface area contributed by atoms with Gasteiger partial charge in [0.2, 0.25) is 11.8 Å². The molecule has 4 atom stereocenters. The Morgan fingerprint density at radius 1 is 1.06 bits per heavy atom. The molecule has 1 saturated heterocycles. The zero-order chi connectivity index (χ0) is 22.5. The molecular formula is C25H35N5O2. The van der Waals surface area contributed by atoms with E-state index in [2.05, 4.69) is 64.0 Å². The first-order chi connectivity index (χ1) is 15.6. The van der Waals surface area contributed by atoms with E-state index in [0.717, 1.165) is 38.4 Å². The number of fused-ring (bicyclic) bond motifs is 5. The minimum Gasteiger partial charge on any atom is -0.375 e. The summed E-state index contributed by atoms with van der Waals surface area (Å²) in [5.74, 6) is 1.20. The van der Waals surface area contributed by atoms with Gasteiger partial charge in [0, 0.05) is 45.5 Å². The maximum absolute atomic E-state index is 12.8. The molecule has 2 N–H and O–H groups in total. The van der Waals surface area contributed by atoms with Crippen LogP contribution in [0.4, 0.5) is 5.69 Å². The van der Waals surface area contributed by atoms with E-state index in [-0.39, 0.29) is 35.5 Å². The number of nitrogens with zero attached hydrogens (tertiary/aromatic N) is 3. The molecule has 32 heavy (non-hydrogen) atoms. The van der Waals surface area contributed by atoms with Crippen LogP contribution in [0.15, 0.2) is 47.5 Å². The molecule has 2 bridgehead atoms. The molecule has 4 unspecified atom stereocenters. The summed E-state index contributed by atoms with van der Waals surface area (Å²) in [6.45, 7) is 5.66. The summed E-state index contributed by atoms with van der Waals surface area (Å²) in [5.41, 5.74) is 1.21. The fourth-order valence-electron chi connectivity index (χ4n) is 5.28. The van der Waals surface area contributed by atoms with Crippen LogP contribution in [0.25, 0.3) is 0 Å². The van der Waals surface area contributed by atoms with Crippen LogP contribution in [0.5, 0.6) is 0 Å². The number of hydrogen-bond acceptors (Lipinski definition) is 4. The minimum absolute atomic E-state index is 0.0356. The third-order valence-corrected chi connectivity index (χ3v) is 6.88. The van der Waals surface area contributed by atoms with Crippen molar-refractivity contribution in [3.8, 4) is 0 Å². The zero-order valence-corrected chi connectivity index (χ0v) is 19.2. The standard InChI is InChI=1S/C25H35N5O2/c1-3-26-25(27-13-7-15-29(2)20-9-5-4-6-10-20)28-14-8-16-30-23(31)21-18-11-12-19(17-18)22(21)24(30)32/h4-6,9-12,18-19,21-22H,3,7-8,13-17H2,1-2H3,(H2,26,27,28). The number of nitrogens with one attached hydrogen (secondary N) is 2. The molecule has 0 aromatic heterocycles. The van der Waals surface area contributed by atoms with Crippen molar-refractivity contribution in [2.24, 2.45) is 28.7 Å². The van der Waals surface area contributed by atoms with Crippen LogP contribution in [0, 0.1) is 23.7 Å². The van der Waals surface area contributed by atoms with Crippen LogP contribution in [-0.2, 0) is 9.59 Å². The molecule has 7 heteroatoms. The minimum atomic E-state index is -0.103. The van der Waals surface area contributed by atoms with Crippen molar-refractivity contribution < 1.29 is 9.59 Å². The molecule has 1 heterocycles. The van der Waals surface area contributed by atoms with E-state index in [1.165, 1.54) is 10.6 Å². The maximum atomic E-state index is 12.8. The fourth-order valence-corrected chi connectivity index (χ4v) is 5.28. The van der Waals surface area contributed by atoms with Gasteiger partial charge in [-0.25, -0.2) is 0 Å². The predicted molar refractivity (Wildman–Crippen MR) is 127 cm³/mol. The van der Waals surface area contributed by atoms with E-state index >= 15 is 0 Å². The van der Waals surface area contributed by atoms with Crippen LogP contribution in [-0.4, -0.2) is 62.4 Å². The number of hydrogen-bond donors (Lipinski definition) is 2. The molecule has 1 aromatic rings. The molecular weight excluding hydrogens is 402 g/mol. The molecule has 1 aromatic carbocycles. The highest BCUT2D eigenvalue weighted by Crippen LogP contribution is 2.52. The largest absolute Gasteiger partial charge is 0.375 e. The Balaban J connectivity index is 1.18. The molecule has 172 valence electrons. The lowest BCUT2D eigenvalue weighted by molar-refractivity contribution is -0.140. The van der Waals surface area contributed by atoms with E-state index in [1.807, 2.05) is 13.0 Å². The fraction of sp³-hybridized carbons (Fsp3) is 0.560. The van der Waals surface area contributed by atoms with E-state index in [0.29, 0.717) is 19.5 Å². The number of para-hydroxylation sites is 1. The molecule has 0 spiro atoms. The topological polar surface area (TPSA) is 77.0 Å². The lowest BCUT2D eigenvalue weighted by Crippen LogP contribution is -2.39. The van der Waals surface area contributed by atoms with Gasteiger partial charge in [-0.1, -0.05) is 30.4 Å². The second-order valence-corrected chi connectivity index (χ2v) is 8.98. The zero-order valence-electron chi connectivity index (χ0n) is 19.2.